The van der Waals surface area contributed by atoms with Crippen molar-refractivity contribution in [2.24, 2.45) is 0 Å². The van der Waals surface area contributed by atoms with Gasteiger partial charge in [-0.3, -0.25) is 9.78 Å². The molecule has 0 atom stereocenters. The normalized spacial score (nSPS) is 10.3. The van der Waals surface area contributed by atoms with Gasteiger partial charge in [0.05, 0.1) is 17.4 Å². The van der Waals surface area contributed by atoms with Crippen LogP contribution in [0.2, 0.25) is 0 Å². The van der Waals surface area contributed by atoms with E-state index in [1.807, 2.05) is 30.3 Å². The Bertz CT molecular complexity index is 804. The smallest absolute Gasteiger partial charge is 0.257 e. The minimum absolute atomic E-state index is 0.195. The first kappa shape index (κ1) is 16.6. The number of anilines is 2. The molecule has 0 aliphatic heterocycles. The van der Waals surface area contributed by atoms with Crippen LogP contribution in [-0.2, 0) is 6.54 Å². The number of nitrogens with zero attached hydrogens (tertiary/aromatic N) is 3. The largest absolute Gasteiger partial charge is 0.353 e. The number of aromatic nitrogens is 2. The molecule has 0 saturated carbocycles. The SMILES string of the molecule is CCN(Cc1ccccc1)c1ccc(NC(=O)c2cccnc2)cn1. The van der Waals surface area contributed by atoms with E-state index in [1.165, 1.54) is 11.8 Å². The summed E-state index contributed by atoms with van der Waals surface area (Å²) in [6.45, 7) is 3.75. The molecule has 0 aliphatic rings. The van der Waals surface area contributed by atoms with Crippen LogP contribution in [0.5, 0.6) is 0 Å². The molecule has 0 unspecified atom stereocenters. The monoisotopic (exact) mass is 332 g/mol. The zero-order chi connectivity index (χ0) is 17.5. The molecular formula is C20H20N4O. The molecule has 126 valence electrons. The van der Waals surface area contributed by atoms with Crippen LogP contribution in [0.3, 0.4) is 0 Å². The van der Waals surface area contributed by atoms with Gasteiger partial charge >= 0.3 is 0 Å². The third-order valence-corrected chi connectivity index (χ3v) is 3.85. The second-order valence-electron chi connectivity index (χ2n) is 5.60. The first-order valence-corrected chi connectivity index (χ1v) is 8.22. The van der Waals surface area contributed by atoms with Crippen molar-refractivity contribution in [3.8, 4) is 0 Å². The Hall–Kier alpha value is -3.21. The summed E-state index contributed by atoms with van der Waals surface area (Å²) in [7, 11) is 0. The molecule has 5 nitrogen and oxygen atoms in total. The number of hydrogen-bond donors (Lipinski definition) is 1. The molecule has 0 saturated heterocycles. The number of hydrogen-bond acceptors (Lipinski definition) is 4. The van der Waals surface area contributed by atoms with Crippen LogP contribution in [0, 0.1) is 0 Å². The molecule has 1 N–H and O–H groups in total. The fourth-order valence-corrected chi connectivity index (χ4v) is 2.51. The summed E-state index contributed by atoms with van der Waals surface area (Å²) in [4.78, 5) is 22.8. The van der Waals surface area contributed by atoms with Gasteiger partial charge < -0.3 is 10.2 Å². The van der Waals surface area contributed by atoms with Crippen LogP contribution < -0.4 is 10.2 Å². The number of amides is 1. The lowest BCUT2D eigenvalue weighted by Gasteiger charge is -2.22. The molecule has 3 rings (SSSR count). The summed E-state index contributed by atoms with van der Waals surface area (Å²) in [5.41, 5.74) is 2.42. The zero-order valence-corrected chi connectivity index (χ0v) is 14.1. The molecular weight excluding hydrogens is 312 g/mol. The second kappa shape index (κ2) is 8.06. The number of nitrogens with one attached hydrogen (secondary N) is 1. The molecule has 1 amide bonds. The Labute approximate surface area is 147 Å². The van der Waals surface area contributed by atoms with Crippen molar-refractivity contribution in [3.05, 3.63) is 84.3 Å². The highest BCUT2D eigenvalue weighted by Gasteiger charge is 2.09. The molecule has 0 spiro atoms. The van der Waals surface area contributed by atoms with Crippen LogP contribution in [-0.4, -0.2) is 22.4 Å². The molecule has 25 heavy (non-hydrogen) atoms. The lowest BCUT2D eigenvalue weighted by molar-refractivity contribution is 0.102. The highest BCUT2D eigenvalue weighted by atomic mass is 16.1. The summed E-state index contributed by atoms with van der Waals surface area (Å²) in [5.74, 6) is 0.685. The Balaban J connectivity index is 1.67. The first-order valence-electron chi connectivity index (χ1n) is 8.22. The summed E-state index contributed by atoms with van der Waals surface area (Å²) in [6, 6.07) is 17.5. The Morgan fingerprint density at radius 2 is 1.88 bits per heavy atom. The molecule has 1 aromatic carbocycles. The summed E-state index contributed by atoms with van der Waals surface area (Å²) >= 11 is 0. The Morgan fingerprint density at radius 1 is 1.04 bits per heavy atom. The number of carbonyl (C=O) groups excluding carboxylic acids is 1. The summed E-state index contributed by atoms with van der Waals surface area (Å²) < 4.78 is 0. The van der Waals surface area contributed by atoms with Gasteiger partial charge in [0.15, 0.2) is 0 Å². The molecule has 2 heterocycles. The van der Waals surface area contributed by atoms with E-state index in [9.17, 15) is 4.79 Å². The first-order chi connectivity index (χ1) is 12.3. The van der Waals surface area contributed by atoms with E-state index in [0.717, 1.165) is 18.9 Å². The van der Waals surface area contributed by atoms with Crippen LogP contribution in [0.25, 0.3) is 0 Å². The van der Waals surface area contributed by atoms with Crippen molar-refractivity contribution in [1.29, 1.82) is 0 Å². The van der Waals surface area contributed by atoms with Crippen LogP contribution in [0.15, 0.2) is 73.2 Å². The maximum atomic E-state index is 12.1. The number of pyridine rings is 2. The number of benzene rings is 1. The summed E-state index contributed by atoms with van der Waals surface area (Å²) in [5, 5.41) is 2.83. The van der Waals surface area contributed by atoms with Crippen LogP contribution in [0.4, 0.5) is 11.5 Å². The topological polar surface area (TPSA) is 58.1 Å². The zero-order valence-electron chi connectivity index (χ0n) is 14.1. The minimum atomic E-state index is -0.195. The Kier molecular flexibility index (Phi) is 5.36. The predicted molar refractivity (Wildman–Crippen MR) is 99.6 cm³/mol. The van der Waals surface area contributed by atoms with Gasteiger partial charge in [-0.05, 0) is 36.8 Å². The average molecular weight is 332 g/mol. The van der Waals surface area contributed by atoms with E-state index in [0.29, 0.717) is 11.3 Å². The van der Waals surface area contributed by atoms with Gasteiger partial charge in [-0.2, -0.15) is 0 Å². The van der Waals surface area contributed by atoms with Crippen LogP contribution in [0.1, 0.15) is 22.8 Å². The fraction of sp³-hybridized carbons (Fsp3) is 0.150. The van der Waals surface area contributed by atoms with E-state index in [4.69, 9.17) is 0 Å². The standard InChI is InChI=1S/C20H20N4O/c1-2-24(15-16-7-4-3-5-8-16)19-11-10-18(14-22-19)23-20(25)17-9-6-12-21-13-17/h3-14H,2,15H2,1H3,(H,23,25). The van der Waals surface area contributed by atoms with E-state index >= 15 is 0 Å². The van der Waals surface area contributed by atoms with Crippen LogP contribution >= 0.6 is 0 Å². The van der Waals surface area contributed by atoms with Crippen molar-refractivity contribution < 1.29 is 4.79 Å². The molecule has 5 heteroatoms. The van der Waals surface area contributed by atoms with Gasteiger partial charge in [-0.15, -0.1) is 0 Å². The van der Waals surface area contributed by atoms with Gasteiger partial charge in [0.25, 0.3) is 5.91 Å². The number of carbonyl (C=O) groups is 1. The highest BCUT2D eigenvalue weighted by molar-refractivity contribution is 6.03. The van der Waals surface area contributed by atoms with Gasteiger partial charge in [0.2, 0.25) is 0 Å². The van der Waals surface area contributed by atoms with E-state index in [-0.39, 0.29) is 5.91 Å². The second-order valence-corrected chi connectivity index (χ2v) is 5.60. The van der Waals surface area contributed by atoms with Gasteiger partial charge in [0.1, 0.15) is 5.82 Å². The summed E-state index contributed by atoms with van der Waals surface area (Å²) in [6.07, 6.45) is 4.85. The van der Waals surface area contributed by atoms with Crippen molar-refractivity contribution in [2.75, 3.05) is 16.8 Å². The molecule has 0 fully saturated rings. The molecule has 3 aromatic rings. The van der Waals surface area contributed by atoms with Gasteiger partial charge in [-0.25, -0.2) is 4.98 Å². The van der Waals surface area contributed by atoms with E-state index in [1.54, 1.807) is 24.5 Å². The van der Waals surface area contributed by atoms with Gasteiger partial charge in [0, 0.05) is 25.5 Å². The van der Waals surface area contributed by atoms with Crippen molar-refractivity contribution in [3.63, 3.8) is 0 Å². The lowest BCUT2D eigenvalue weighted by atomic mass is 10.2. The fourth-order valence-electron chi connectivity index (χ4n) is 2.51. The third-order valence-electron chi connectivity index (χ3n) is 3.85. The van der Waals surface area contributed by atoms with Crippen molar-refractivity contribution >= 4 is 17.4 Å². The maximum absolute atomic E-state index is 12.1. The van der Waals surface area contributed by atoms with Crippen molar-refractivity contribution in [2.45, 2.75) is 13.5 Å². The van der Waals surface area contributed by atoms with E-state index < -0.39 is 0 Å². The predicted octanol–water partition coefficient (Wildman–Crippen LogP) is 3.76. The average Bonchev–Trinajstić information content (AvgIpc) is 2.68. The lowest BCUT2D eigenvalue weighted by Crippen LogP contribution is -2.23. The minimum Gasteiger partial charge on any atom is -0.353 e. The quantitative estimate of drug-likeness (QED) is 0.747. The molecule has 0 radical (unpaired) electrons. The highest BCUT2D eigenvalue weighted by Crippen LogP contribution is 2.17. The molecule has 0 aliphatic carbocycles. The van der Waals surface area contributed by atoms with Crippen molar-refractivity contribution in [1.82, 2.24) is 9.97 Å². The third kappa shape index (κ3) is 4.41. The maximum Gasteiger partial charge on any atom is 0.257 e. The van der Waals surface area contributed by atoms with Gasteiger partial charge in [-0.1, -0.05) is 30.3 Å². The molecule has 2 aromatic heterocycles. The Morgan fingerprint density at radius 3 is 2.52 bits per heavy atom. The molecule has 0 bridgehead atoms. The number of rotatable bonds is 6. The van der Waals surface area contributed by atoms with E-state index in [2.05, 4.69) is 39.2 Å².